The third-order valence-electron chi connectivity index (χ3n) is 4.28. The minimum absolute atomic E-state index is 0.00831. The lowest BCUT2D eigenvalue weighted by Crippen LogP contribution is -2.39. The van der Waals surface area contributed by atoms with Crippen LogP contribution in [0.3, 0.4) is 0 Å². The molecule has 0 spiro atoms. The highest BCUT2D eigenvalue weighted by Crippen LogP contribution is 2.19. The molecular formula is C17H24ClFN2O. The van der Waals surface area contributed by atoms with Gasteiger partial charge in [0, 0.05) is 29.7 Å². The van der Waals surface area contributed by atoms with Crippen molar-refractivity contribution in [1.82, 2.24) is 10.2 Å². The zero-order valence-corrected chi connectivity index (χ0v) is 13.8. The van der Waals surface area contributed by atoms with Gasteiger partial charge >= 0.3 is 0 Å². The predicted molar refractivity (Wildman–Crippen MR) is 87.6 cm³/mol. The lowest BCUT2D eigenvalue weighted by atomic mass is 10.0. The third kappa shape index (κ3) is 4.96. The van der Waals surface area contributed by atoms with Crippen molar-refractivity contribution in [2.24, 2.45) is 0 Å². The van der Waals surface area contributed by atoms with Crippen LogP contribution in [-0.4, -0.2) is 36.5 Å². The number of amides is 1. The molecule has 22 heavy (non-hydrogen) atoms. The molecule has 1 heterocycles. The molecule has 1 saturated heterocycles. The summed E-state index contributed by atoms with van der Waals surface area (Å²) < 4.78 is 13.6. The van der Waals surface area contributed by atoms with Crippen molar-refractivity contribution in [3.63, 3.8) is 0 Å². The largest absolute Gasteiger partial charge is 0.356 e. The number of carbonyl (C=O) groups is 1. The molecule has 0 aromatic heterocycles. The van der Waals surface area contributed by atoms with Crippen LogP contribution < -0.4 is 5.32 Å². The number of rotatable bonds is 6. The van der Waals surface area contributed by atoms with Gasteiger partial charge in [0.25, 0.3) is 0 Å². The number of halogens is 2. The minimum Gasteiger partial charge on any atom is -0.356 e. The highest BCUT2D eigenvalue weighted by molar-refractivity contribution is 6.31. The molecule has 1 unspecified atom stereocenters. The van der Waals surface area contributed by atoms with Crippen LogP contribution in [0.5, 0.6) is 0 Å². The average molecular weight is 327 g/mol. The Balaban J connectivity index is 1.70. The van der Waals surface area contributed by atoms with Crippen molar-refractivity contribution < 1.29 is 9.18 Å². The van der Waals surface area contributed by atoms with Crippen molar-refractivity contribution in [2.75, 3.05) is 19.6 Å². The van der Waals surface area contributed by atoms with Crippen LogP contribution >= 0.6 is 11.6 Å². The fraction of sp³-hybridized carbons (Fsp3) is 0.588. The van der Waals surface area contributed by atoms with Gasteiger partial charge in [-0.2, -0.15) is 0 Å². The van der Waals surface area contributed by atoms with Crippen molar-refractivity contribution in [3.8, 4) is 0 Å². The van der Waals surface area contributed by atoms with Gasteiger partial charge in [0.2, 0.25) is 5.91 Å². The summed E-state index contributed by atoms with van der Waals surface area (Å²) in [5.41, 5.74) is 0.270. The van der Waals surface area contributed by atoms with Crippen LogP contribution in [0, 0.1) is 5.82 Å². The summed E-state index contributed by atoms with van der Waals surface area (Å²) in [5, 5.41) is 3.15. The zero-order chi connectivity index (χ0) is 15.9. The molecule has 2 rings (SSSR count). The number of likely N-dealkylation sites (tertiary alicyclic amines) is 1. The Labute approximate surface area is 136 Å². The van der Waals surface area contributed by atoms with Crippen LogP contribution in [-0.2, 0) is 11.2 Å². The maximum Gasteiger partial charge on any atom is 0.224 e. The Kier molecular flexibility index (Phi) is 6.65. The highest BCUT2D eigenvalue weighted by Gasteiger charge is 2.17. The van der Waals surface area contributed by atoms with E-state index in [1.807, 2.05) is 0 Å². The normalized spacial score (nSPS) is 19.1. The number of hydrogen-bond donors (Lipinski definition) is 1. The van der Waals surface area contributed by atoms with E-state index in [9.17, 15) is 9.18 Å². The SMILES string of the molecule is CC1CCCCN1CCCNC(=O)Cc1c(F)cccc1Cl. The molecule has 5 heteroatoms. The van der Waals surface area contributed by atoms with Gasteiger partial charge in [-0.15, -0.1) is 0 Å². The molecule has 1 aliphatic rings. The van der Waals surface area contributed by atoms with E-state index in [1.165, 1.54) is 25.3 Å². The lowest BCUT2D eigenvalue weighted by molar-refractivity contribution is -0.120. The quantitative estimate of drug-likeness (QED) is 0.813. The van der Waals surface area contributed by atoms with Gasteiger partial charge in [-0.3, -0.25) is 4.79 Å². The van der Waals surface area contributed by atoms with Crippen molar-refractivity contribution >= 4 is 17.5 Å². The summed E-state index contributed by atoms with van der Waals surface area (Å²) in [4.78, 5) is 14.4. The van der Waals surface area contributed by atoms with Gasteiger partial charge in [-0.1, -0.05) is 24.1 Å². The van der Waals surface area contributed by atoms with Gasteiger partial charge < -0.3 is 10.2 Å². The smallest absolute Gasteiger partial charge is 0.224 e. The topological polar surface area (TPSA) is 32.3 Å². The van der Waals surface area contributed by atoms with E-state index in [4.69, 9.17) is 11.6 Å². The second kappa shape index (κ2) is 8.49. The molecule has 3 nitrogen and oxygen atoms in total. The van der Waals surface area contributed by atoms with Gasteiger partial charge in [0.05, 0.1) is 6.42 Å². The first kappa shape index (κ1) is 17.2. The molecule has 1 amide bonds. The van der Waals surface area contributed by atoms with E-state index in [2.05, 4.69) is 17.1 Å². The van der Waals surface area contributed by atoms with E-state index in [1.54, 1.807) is 12.1 Å². The standard InChI is InChI=1S/C17H24ClFN2O/c1-13-6-2-3-10-21(13)11-5-9-20-17(22)12-14-15(18)7-4-8-16(14)19/h4,7-8,13H,2-3,5-6,9-12H2,1H3,(H,20,22). The summed E-state index contributed by atoms with van der Waals surface area (Å²) in [6.45, 7) is 5.04. The molecule has 122 valence electrons. The Morgan fingerprint density at radius 1 is 1.45 bits per heavy atom. The average Bonchev–Trinajstić information content (AvgIpc) is 2.49. The second-order valence-electron chi connectivity index (χ2n) is 5.96. The molecule has 1 N–H and O–H groups in total. The Morgan fingerprint density at radius 2 is 2.27 bits per heavy atom. The number of piperidine rings is 1. The first-order valence-electron chi connectivity index (χ1n) is 8.01. The Bertz CT molecular complexity index is 489. The van der Waals surface area contributed by atoms with E-state index in [0.29, 0.717) is 17.6 Å². The maximum atomic E-state index is 13.6. The molecule has 0 radical (unpaired) electrons. The predicted octanol–water partition coefficient (Wildman–Crippen LogP) is 3.40. The van der Waals surface area contributed by atoms with Gasteiger partial charge in [-0.25, -0.2) is 4.39 Å². The number of nitrogens with zero attached hydrogens (tertiary/aromatic N) is 1. The summed E-state index contributed by atoms with van der Waals surface area (Å²) in [7, 11) is 0. The summed E-state index contributed by atoms with van der Waals surface area (Å²) in [6.07, 6.45) is 4.76. The Morgan fingerprint density at radius 3 is 3.00 bits per heavy atom. The van der Waals surface area contributed by atoms with Crippen LogP contribution in [0.1, 0.15) is 38.2 Å². The molecule has 0 saturated carbocycles. The number of benzene rings is 1. The van der Waals surface area contributed by atoms with E-state index in [0.717, 1.165) is 19.5 Å². The van der Waals surface area contributed by atoms with Crippen LogP contribution in [0.4, 0.5) is 4.39 Å². The molecular weight excluding hydrogens is 303 g/mol. The minimum atomic E-state index is -0.426. The summed E-state index contributed by atoms with van der Waals surface area (Å²) in [6, 6.07) is 5.11. The van der Waals surface area contributed by atoms with Crippen LogP contribution in [0.2, 0.25) is 5.02 Å². The van der Waals surface area contributed by atoms with Crippen molar-refractivity contribution in [1.29, 1.82) is 0 Å². The molecule has 1 atom stereocenters. The van der Waals surface area contributed by atoms with Crippen molar-refractivity contribution in [3.05, 3.63) is 34.6 Å². The van der Waals surface area contributed by atoms with Gasteiger partial charge in [0.1, 0.15) is 5.82 Å². The lowest BCUT2D eigenvalue weighted by Gasteiger charge is -2.33. The molecule has 1 aromatic rings. The summed E-state index contributed by atoms with van der Waals surface area (Å²) >= 11 is 5.93. The van der Waals surface area contributed by atoms with Gasteiger partial charge in [-0.05, 0) is 44.9 Å². The van der Waals surface area contributed by atoms with Crippen molar-refractivity contribution in [2.45, 2.75) is 45.1 Å². The number of nitrogens with one attached hydrogen (secondary N) is 1. The van der Waals surface area contributed by atoms with Crippen LogP contribution in [0.25, 0.3) is 0 Å². The molecule has 1 fully saturated rings. The zero-order valence-electron chi connectivity index (χ0n) is 13.1. The van der Waals surface area contributed by atoms with E-state index >= 15 is 0 Å². The monoisotopic (exact) mass is 326 g/mol. The third-order valence-corrected chi connectivity index (χ3v) is 4.64. The second-order valence-corrected chi connectivity index (χ2v) is 6.37. The van der Waals surface area contributed by atoms with E-state index in [-0.39, 0.29) is 17.9 Å². The summed E-state index contributed by atoms with van der Waals surface area (Å²) in [5.74, 6) is -0.608. The fourth-order valence-electron chi connectivity index (χ4n) is 2.92. The van der Waals surface area contributed by atoms with Crippen LogP contribution in [0.15, 0.2) is 18.2 Å². The van der Waals surface area contributed by atoms with E-state index < -0.39 is 5.82 Å². The molecule has 1 aliphatic heterocycles. The molecule has 0 aliphatic carbocycles. The van der Waals surface area contributed by atoms with Gasteiger partial charge in [0.15, 0.2) is 0 Å². The molecule has 1 aromatic carbocycles. The highest BCUT2D eigenvalue weighted by atomic mass is 35.5. The maximum absolute atomic E-state index is 13.6. The molecule has 0 bridgehead atoms. The number of hydrogen-bond acceptors (Lipinski definition) is 2. The Hall–Kier alpha value is -1.13. The first-order chi connectivity index (χ1) is 10.6. The fourth-order valence-corrected chi connectivity index (χ4v) is 3.15. The number of carbonyl (C=O) groups excluding carboxylic acids is 1. The first-order valence-corrected chi connectivity index (χ1v) is 8.39.